The molecule has 0 amide bonds. The van der Waals surface area contributed by atoms with E-state index < -0.39 is 70.2 Å². The molecule has 10 heteroatoms. The Morgan fingerprint density at radius 2 is 1.60 bits per heavy atom. The summed E-state index contributed by atoms with van der Waals surface area (Å²) in [6, 6.07) is 17.3. The molecule has 7 unspecified atom stereocenters. The normalized spacial score (nSPS) is 40.7. The van der Waals surface area contributed by atoms with Crippen molar-refractivity contribution < 1.29 is 48.3 Å². The van der Waals surface area contributed by atoms with Gasteiger partial charge in [-0.2, -0.15) is 0 Å². The van der Waals surface area contributed by atoms with E-state index in [1.54, 1.807) is 14.0 Å². The molecule has 3 aliphatic carbocycles. The molecule has 2 aromatic carbocycles. The lowest BCUT2D eigenvalue weighted by atomic mass is 9.41. The number of rotatable bonds is 6. The molecule has 2 N–H and O–H groups in total. The number of carbonyl (C=O) groups excluding carboxylic acids is 3. The summed E-state index contributed by atoms with van der Waals surface area (Å²) in [6.07, 6.45) is -3.16. The maximum Gasteiger partial charge on any atom is 0.336 e. The molecule has 52 heavy (non-hydrogen) atoms. The van der Waals surface area contributed by atoms with Crippen LogP contribution < -0.4 is 4.74 Å². The predicted molar refractivity (Wildman–Crippen MR) is 190 cm³/mol. The van der Waals surface area contributed by atoms with Gasteiger partial charge in [-0.05, 0) is 66.0 Å². The second-order valence-electron chi connectivity index (χ2n) is 16.7. The molecule has 0 spiro atoms. The van der Waals surface area contributed by atoms with Crippen LogP contribution in [0.15, 0.2) is 65.7 Å². The van der Waals surface area contributed by atoms with Gasteiger partial charge in [0, 0.05) is 36.0 Å². The molecule has 10 nitrogen and oxygen atoms in total. The van der Waals surface area contributed by atoms with Gasteiger partial charge in [0.1, 0.15) is 17.5 Å². The maximum atomic E-state index is 15.1. The highest BCUT2D eigenvalue weighted by atomic mass is 16.6. The van der Waals surface area contributed by atoms with Crippen molar-refractivity contribution in [3.8, 4) is 5.75 Å². The van der Waals surface area contributed by atoms with Crippen molar-refractivity contribution in [1.29, 1.82) is 0 Å². The lowest BCUT2D eigenvalue weighted by Crippen LogP contribution is -2.77. The van der Waals surface area contributed by atoms with Crippen molar-refractivity contribution in [3.63, 3.8) is 0 Å². The summed E-state index contributed by atoms with van der Waals surface area (Å²) >= 11 is 0. The minimum atomic E-state index is -1.61. The molecule has 2 aromatic rings. The number of methoxy groups -OCH3 is 1. The first-order valence-electron chi connectivity index (χ1n) is 18.5. The number of benzene rings is 2. The molecular weight excluding hydrogens is 664 g/mol. The number of carbonyl (C=O) groups is 3. The SMILES string of the molecule is COc1ccc([C@@H]2C[C@@H](c3ccccc3)C(C(=O)OC3CC4(O)[C@@H](C)C5C6(O)COC6C[C@H](C)[C@@]5(C)C(=O)C(OC(C)=O)C(=C3C)C4(C)C)O2)cc1. The first-order valence-corrected chi connectivity index (χ1v) is 18.5. The summed E-state index contributed by atoms with van der Waals surface area (Å²) in [5.41, 5.74) is -2.43. The number of hydrogen-bond donors (Lipinski definition) is 2. The fourth-order valence-corrected chi connectivity index (χ4v) is 10.8. The van der Waals surface area contributed by atoms with Gasteiger partial charge >= 0.3 is 11.9 Å². The second kappa shape index (κ2) is 12.8. The molecule has 2 saturated carbocycles. The van der Waals surface area contributed by atoms with Gasteiger partial charge in [0.15, 0.2) is 18.0 Å². The molecule has 0 radical (unpaired) electrons. The molecule has 280 valence electrons. The third kappa shape index (κ3) is 5.30. The van der Waals surface area contributed by atoms with Gasteiger partial charge in [0.05, 0.1) is 31.5 Å². The third-order valence-corrected chi connectivity index (χ3v) is 13.9. The van der Waals surface area contributed by atoms with E-state index in [0.717, 1.165) is 11.1 Å². The Labute approximate surface area is 305 Å². The van der Waals surface area contributed by atoms with Crippen LogP contribution in [0, 0.1) is 28.6 Å². The summed E-state index contributed by atoms with van der Waals surface area (Å²) < 4.78 is 30.1. The Kier molecular flexibility index (Phi) is 9.04. The van der Waals surface area contributed by atoms with Gasteiger partial charge in [-0.3, -0.25) is 9.59 Å². The zero-order chi connectivity index (χ0) is 37.5. The summed E-state index contributed by atoms with van der Waals surface area (Å²) in [6.45, 7) is 12.5. The number of esters is 2. The highest BCUT2D eigenvalue weighted by Gasteiger charge is 2.74. The topological polar surface area (TPSA) is 138 Å². The third-order valence-electron chi connectivity index (χ3n) is 13.9. The molecule has 4 fully saturated rings. The van der Waals surface area contributed by atoms with Crippen LogP contribution in [0.5, 0.6) is 5.75 Å². The van der Waals surface area contributed by atoms with Gasteiger partial charge < -0.3 is 33.9 Å². The lowest BCUT2D eigenvalue weighted by molar-refractivity contribution is -0.329. The monoisotopic (exact) mass is 716 g/mol. The Morgan fingerprint density at radius 3 is 2.19 bits per heavy atom. The van der Waals surface area contributed by atoms with Gasteiger partial charge in [-0.25, -0.2) is 4.79 Å². The highest BCUT2D eigenvalue weighted by Crippen LogP contribution is 2.66. The Bertz CT molecular complexity index is 1770. The largest absolute Gasteiger partial charge is 0.497 e. The Balaban J connectivity index is 1.30. The van der Waals surface area contributed by atoms with Gasteiger partial charge in [-0.1, -0.05) is 77.1 Å². The van der Waals surface area contributed by atoms with Crippen molar-refractivity contribution in [1.82, 2.24) is 0 Å². The zero-order valence-electron chi connectivity index (χ0n) is 31.4. The first-order chi connectivity index (χ1) is 24.5. The van der Waals surface area contributed by atoms with Crippen LogP contribution in [0.25, 0.3) is 0 Å². The maximum absolute atomic E-state index is 15.1. The Morgan fingerprint density at radius 1 is 0.923 bits per heavy atom. The van der Waals surface area contributed by atoms with Crippen LogP contribution in [-0.4, -0.2) is 77.3 Å². The lowest BCUT2D eigenvalue weighted by Gasteiger charge is -2.68. The molecule has 2 saturated heterocycles. The van der Waals surface area contributed by atoms with Gasteiger partial charge in [-0.15, -0.1) is 0 Å². The number of fused-ring (bicyclic) bond motifs is 5. The van der Waals surface area contributed by atoms with Crippen LogP contribution in [0.2, 0.25) is 0 Å². The van der Waals surface area contributed by atoms with E-state index in [0.29, 0.717) is 29.7 Å². The quantitative estimate of drug-likeness (QED) is 0.286. The van der Waals surface area contributed by atoms with Crippen molar-refractivity contribution >= 4 is 17.7 Å². The Hall–Kier alpha value is -3.57. The van der Waals surface area contributed by atoms with E-state index in [2.05, 4.69) is 0 Å². The minimum absolute atomic E-state index is 0.0103. The first kappa shape index (κ1) is 36.8. The molecule has 2 aliphatic heterocycles. The van der Waals surface area contributed by atoms with Crippen LogP contribution >= 0.6 is 0 Å². The standard InChI is InChI=1S/C42H52O10/c1-22-18-32-41(46,21-49-32)36-24(3)42(47)20-31(23(2)33(39(42,5)6)35(50-25(4)43)37(44)40(22,36)7)52-38(45)34-29(26-12-10-9-11-13-26)19-30(51-34)27-14-16-28(48-8)17-15-27/h9-17,22,24,29-32,34-36,46-47H,18-21H2,1-8H3/t22-,24-,29-,30-,31?,32?,34?,35?,36?,40+,41?,42?/m0/s1. The average molecular weight is 717 g/mol. The number of hydrogen-bond acceptors (Lipinski definition) is 10. The summed E-state index contributed by atoms with van der Waals surface area (Å²) in [5, 5.41) is 25.4. The van der Waals surface area contributed by atoms with Gasteiger partial charge in [0.2, 0.25) is 0 Å². The number of aliphatic hydroxyl groups is 2. The highest BCUT2D eigenvalue weighted by molar-refractivity contribution is 5.94. The van der Waals surface area contributed by atoms with Crippen LogP contribution in [0.3, 0.4) is 0 Å². The van der Waals surface area contributed by atoms with Crippen molar-refractivity contribution in [2.75, 3.05) is 13.7 Å². The minimum Gasteiger partial charge on any atom is -0.497 e. The van der Waals surface area contributed by atoms with Crippen molar-refractivity contribution in [2.45, 2.75) is 115 Å². The van der Waals surface area contributed by atoms with E-state index in [-0.39, 0.29) is 36.8 Å². The molecule has 2 heterocycles. The van der Waals surface area contributed by atoms with E-state index in [4.69, 9.17) is 23.7 Å². The van der Waals surface area contributed by atoms with E-state index >= 15 is 4.79 Å². The summed E-state index contributed by atoms with van der Waals surface area (Å²) in [4.78, 5) is 42.3. The molecular formula is C42H52O10. The number of Topliss-reactive ketones (excluding diaryl/α,β-unsaturated/α-hetero) is 1. The number of ether oxygens (including phenoxy) is 5. The zero-order valence-corrected chi connectivity index (χ0v) is 31.4. The summed E-state index contributed by atoms with van der Waals surface area (Å²) in [5.74, 6) is -2.79. The molecule has 7 rings (SSSR count). The molecule has 12 atom stereocenters. The van der Waals surface area contributed by atoms with Crippen LogP contribution in [-0.2, 0) is 33.3 Å². The van der Waals surface area contributed by atoms with Crippen molar-refractivity contribution in [2.24, 2.45) is 28.6 Å². The summed E-state index contributed by atoms with van der Waals surface area (Å²) in [7, 11) is 1.61. The van der Waals surface area contributed by atoms with Gasteiger partial charge in [0.25, 0.3) is 0 Å². The van der Waals surface area contributed by atoms with E-state index in [9.17, 15) is 19.8 Å². The van der Waals surface area contributed by atoms with Crippen LogP contribution in [0.1, 0.15) is 90.9 Å². The van der Waals surface area contributed by atoms with Crippen molar-refractivity contribution in [3.05, 3.63) is 76.9 Å². The molecule has 2 bridgehead atoms. The van der Waals surface area contributed by atoms with Crippen LogP contribution in [0.4, 0.5) is 0 Å². The smallest absolute Gasteiger partial charge is 0.336 e. The van der Waals surface area contributed by atoms with E-state index in [1.165, 1.54) is 6.92 Å². The molecule has 0 aromatic heterocycles. The predicted octanol–water partition coefficient (Wildman–Crippen LogP) is 5.64. The van der Waals surface area contributed by atoms with E-state index in [1.807, 2.05) is 89.2 Å². The fourth-order valence-electron chi connectivity index (χ4n) is 10.8. The molecule has 5 aliphatic rings. The second-order valence-corrected chi connectivity index (χ2v) is 16.7. The average Bonchev–Trinajstić information content (AvgIpc) is 3.56. The number of ketones is 1. The fraction of sp³-hybridized carbons (Fsp3) is 0.595.